The van der Waals surface area contributed by atoms with Gasteiger partial charge in [-0.15, -0.1) is 0 Å². The minimum absolute atomic E-state index is 0.192. The molecule has 3 heterocycles. The van der Waals surface area contributed by atoms with Gasteiger partial charge in [0.15, 0.2) is 12.1 Å². The summed E-state index contributed by atoms with van der Waals surface area (Å²) < 4.78 is -0.296. The molecule has 0 aliphatic carbocycles. The van der Waals surface area contributed by atoms with Crippen LogP contribution in [-0.2, 0) is 9.59 Å². The SMILES string of the molecule is Cc1c(N2C(=O)C3CN4CC(C(=O)Nc5cc(Cl)cc(Cl)c5)[N+]3(C4)C2=O)ccc(C#N)c1Cl. The highest BCUT2D eigenvalue weighted by Gasteiger charge is 2.73. The first-order chi connectivity index (χ1) is 15.7. The number of nitrogens with zero attached hydrogens (tertiary/aromatic N) is 4. The molecule has 0 saturated carbocycles. The molecule has 1 spiro atoms. The lowest BCUT2D eigenvalue weighted by Crippen LogP contribution is -2.63. The van der Waals surface area contributed by atoms with Gasteiger partial charge in [-0.2, -0.15) is 10.2 Å². The molecular formula is C22H17Cl3N5O3+. The topological polar surface area (TPSA) is 93.5 Å². The van der Waals surface area contributed by atoms with Crippen molar-refractivity contribution in [1.29, 1.82) is 5.26 Å². The number of imide groups is 1. The van der Waals surface area contributed by atoms with Gasteiger partial charge in [0.2, 0.25) is 0 Å². The second-order valence-corrected chi connectivity index (χ2v) is 9.68. The van der Waals surface area contributed by atoms with Crippen LogP contribution in [0.2, 0.25) is 15.1 Å². The molecule has 4 unspecified atom stereocenters. The molecule has 0 aromatic heterocycles. The predicted molar refractivity (Wildman–Crippen MR) is 123 cm³/mol. The molecule has 3 fully saturated rings. The third-order valence-electron chi connectivity index (χ3n) is 6.61. The van der Waals surface area contributed by atoms with E-state index in [4.69, 9.17) is 34.8 Å². The van der Waals surface area contributed by atoms with Gasteiger partial charge in [0, 0.05) is 15.7 Å². The van der Waals surface area contributed by atoms with Gasteiger partial charge in [-0.3, -0.25) is 9.59 Å². The van der Waals surface area contributed by atoms with Crippen molar-refractivity contribution >= 4 is 64.0 Å². The molecule has 3 aliphatic rings. The maximum Gasteiger partial charge on any atom is 0.433 e. The summed E-state index contributed by atoms with van der Waals surface area (Å²) in [6.45, 7) is 2.66. The molecule has 168 valence electrons. The van der Waals surface area contributed by atoms with Crippen molar-refractivity contribution in [1.82, 2.24) is 4.90 Å². The van der Waals surface area contributed by atoms with E-state index in [0.717, 1.165) is 4.90 Å². The number of carbonyl (C=O) groups excluding carboxylic acids is 3. The molecule has 8 nitrogen and oxygen atoms in total. The van der Waals surface area contributed by atoms with Crippen molar-refractivity contribution in [3.05, 3.63) is 56.5 Å². The highest BCUT2D eigenvalue weighted by molar-refractivity contribution is 6.35. The number of piperazine rings is 1. The lowest BCUT2D eigenvalue weighted by Gasteiger charge is -2.32. The molecule has 4 amide bonds. The standard InChI is InChI=1S/C22H16Cl3N5O3/c1-11-16(3-2-12(7-26)19(11)25)29-21(32)18-9-28-8-17(30(18,10-28)22(29)33)20(31)27-15-5-13(23)4-14(24)6-15/h2-6,17-18H,8-10H2,1H3/p+1. The van der Waals surface area contributed by atoms with E-state index in [1.54, 1.807) is 31.2 Å². The van der Waals surface area contributed by atoms with Gasteiger partial charge in [-0.05, 0) is 42.8 Å². The number of rotatable bonds is 3. The zero-order valence-electron chi connectivity index (χ0n) is 17.3. The highest BCUT2D eigenvalue weighted by Crippen LogP contribution is 2.45. The molecule has 33 heavy (non-hydrogen) atoms. The Hall–Kier alpha value is -2.67. The molecule has 5 rings (SSSR count). The summed E-state index contributed by atoms with van der Waals surface area (Å²) in [6, 6.07) is 7.76. The number of hydrogen-bond acceptors (Lipinski definition) is 5. The number of fused-ring (bicyclic) bond motifs is 1. The molecule has 11 heteroatoms. The van der Waals surface area contributed by atoms with E-state index in [1.165, 1.54) is 6.07 Å². The summed E-state index contributed by atoms with van der Waals surface area (Å²) in [5.74, 6) is -0.771. The minimum Gasteiger partial charge on any atom is -0.321 e. The van der Waals surface area contributed by atoms with Gasteiger partial charge in [-0.1, -0.05) is 34.8 Å². The zero-order valence-corrected chi connectivity index (χ0v) is 19.6. The first-order valence-electron chi connectivity index (χ1n) is 10.1. The van der Waals surface area contributed by atoms with Crippen LogP contribution in [0.5, 0.6) is 0 Å². The van der Waals surface area contributed by atoms with E-state index in [9.17, 15) is 19.6 Å². The smallest absolute Gasteiger partial charge is 0.321 e. The summed E-state index contributed by atoms with van der Waals surface area (Å²) in [4.78, 5) is 43.5. The van der Waals surface area contributed by atoms with Crippen molar-refractivity contribution in [2.75, 3.05) is 30.0 Å². The van der Waals surface area contributed by atoms with Crippen molar-refractivity contribution < 1.29 is 18.9 Å². The average Bonchev–Trinajstić information content (AvgIpc) is 3.38. The Morgan fingerprint density at radius 1 is 1.15 bits per heavy atom. The van der Waals surface area contributed by atoms with Crippen LogP contribution in [0.3, 0.4) is 0 Å². The van der Waals surface area contributed by atoms with Crippen LogP contribution in [0, 0.1) is 18.3 Å². The first kappa shape index (κ1) is 22.1. The molecule has 2 bridgehead atoms. The predicted octanol–water partition coefficient (Wildman–Crippen LogP) is 3.77. The molecule has 3 aliphatic heterocycles. The highest BCUT2D eigenvalue weighted by atomic mass is 35.5. The van der Waals surface area contributed by atoms with Gasteiger partial charge in [0.1, 0.15) is 12.7 Å². The Labute approximate surface area is 204 Å². The Morgan fingerprint density at radius 2 is 1.85 bits per heavy atom. The molecule has 2 aromatic carbocycles. The second kappa shape index (κ2) is 7.69. The Balaban J connectivity index is 1.51. The van der Waals surface area contributed by atoms with Gasteiger partial charge in [-0.25, -0.2) is 14.2 Å². The van der Waals surface area contributed by atoms with Crippen LogP contribution < -0.4 is 10.2 Å². The monoisotopic (exact) mass is 504 g/mol. The molecular weight excluding hydrogens is 489 g/mol. The van der Waals surface area contributed by atoms with E-state index in [1.807, 2.05) is 11.0 Å². The van der Waals surface area contributed by atoms with E-state index in [-0.39, 0.29) is 27.6 Å². The van der Waals surface area contributed by atoms with E-state index in [2.05, 4.69) is 5.32 Å². The van der Waals surface area contributed by atoms with E-state index < -0.39 is 24.0 Å². The van der Waals surface area contributed by atoms with Gasteiger partial charge in [0.05, 0.1) is 29.4 Å². The Bertz CT molecular complexity index is 1270. The number of benzene rings is 2. The van der Waals surface area contributed by atoms with Crippen molar-refractivity contribution in [2.24, 2.45) is 0 Å². The van der Waals surface area contributed by atoms with Crippen LogP contribution in [0.1, 0.15) is 11.1 Å². The average molecular weight is 506 g/mol. The van der Waals surface area contributed by atoms with E-state index >= 15 is 0 Å². The summed E-state index contributed by atoms with van der Waals surface area (Å²) >= 11 is 18.4. The quantitative estimate of drug-likeness (QED) is 0.506. The lowest BCUT2D eigenvalue weighted by atomic mass is 10.1. The number of hydrogen-bond donors (Lipinski definition) is 1. The normalized spacial score (nSPS) is 27.6. The van der Waals surface area contributed by atoms with Crippen LogP contribution >= 0.6 is 34.8 Å². The molecule has 3 saturated heterocycles. The second-order valence-electron chi connectivity index (χ2n) is 8.43. The fraction of sp³-hybridized carbons (Fsp3) is 0.273. The number of anilines is 2. The maximum atomic E-state index is 13.8. The van der Waals surface area contributed by atoms with Crippen molar-refractivity contribution in [3.63, 3.8) is 0 Å². The number of quaternary nitrogens is 1. The number of amides is 4. The number of halogens is 3. The lowest BCUT2D eigenvalue weighted by molar-refractivity contribution is -0.852. The van der Waals surface area contributed by atoms with E-state index in [0.29, 0.717) is 40.1 Å². The number of nitriles is 1. The third-order valence-corrected chi connectivity index (χ3v) is 7.54. The molecule has 1 N–H and O–H groups in total. The molecule has 0 radical (unpaired) electrons. The van der Waals surface area contributed by atoms with Gasteiger partial charge >= 0.3 is 6.03 Å². The molecule has 4 atom stereocenters. The van der Waals surface area contributed by atoms with Crippen LogP contribution in [0.25, 0.3) is 0 Å². The van der Waals surface area contributed by atoms with Crippen LogP contribution in [-0.4, -0.2) is 59.1 Å². The number of urea groups is 1. The van der Waals surface area contributed by atoms with Crippen LogP contribution in [0.15, 0.2) is 30.3 Å². The summed E-state index contributed by atoms with van der Waals surface area (Å²) in [5.41, 5.74) is 1.46. The fourth-order valence-electron chi connectivity index (χ4n) is 5.12. The molecule has 2 aromatic rings. The minimum atomic E-state index is -0.780. The van der Waals surface area contributed by atoms with Crippen molar-refractivity contribution in [3.8, 4) is 6.07 Å². The Kier molecular flexibility index (Phi) is 5.16. The van der Waals surface area contributed by atoms with Gasteiger partial charge < -0.3 is 5.32 Å². The third kappa shape index (κ3) is 3.15. The number of carbonyl (C=O) groups is 3. The summed E-state index contributed by atoms with van der Waals surface area (Å²) in [5, 5.41) is 12.9. The summed E-state index contributed by atoms with van der Waals surface area (Å²) in [6.07, 6.45) is 0. The van der Waals surface area contributed by atoms with Crippen LogP contribution in [0.4, 0.5) is 16.2 Å². The van der Waals surface area contributed by atoms with Crippen molar-refractivity contribution in [2.45, 2.75) is 19.0 Å². The first-order valence-corrected chi connectivity index (χ1v) is 11.2. The Morgan fingerprint density at radius 3 is 2.52 bits per heavy atom. The largest absolute Gasteiger partial charge is 0.433 e. The maximum absolute atomic E-state index is 13.8. The summed E-state index contributed by atoms with van der Waals surface area (Å²) in [7, 11) is 0. The zero-order chi connectivity index (χ0) is 23.7. The fourth-order valence-corrected chi connectivity index (χ4v) is 5.84. The number of nitrogens with one attached hydrogen (secondary N) is 1. The van der Waals surface area contributed by atoms with Gasteiger partial charge in [0.25, 0.3) is 11.8 Å².